The standard InChI is InChI=1S/C6H8I2O2/c7-5(3-9)1-2-6(8)4-10/h3-6H,1-2H2. The summed E-state index contributed by atoms with van der Waals surface area (Å²) in [5, 5.41) is 0. The maximum atomic E-state index is 10.1. The molecule has 58 valence electrons. The quantitative estimate of drug-likeness (QED) is 0.423. The molecule has 0 radical (unpaired) electrons. The summed E-state index contributed by atoms with van der Waals surface area (Å²) in [6, 6.07) is 0. The number of carbonyl (C=O) groups excluding carboxylic acids is 2. The maximum Gasteiger partial charge on any atom is 0.132 e. The van der Waals surface area contributed by atoms with Crippen molar-refractivity contribution in [2.45, 2.75) is 20.7 Å². The molecule has 0 aromatic rings. The second-order valence-electron chi connectivity index (χ2n) is 1.88. The van der Waals surface area contributed by atoms with Crippen molar-refractivity contribution >= 4 is 57.8 Å². The first-order valence-electron chi connectivity index (χ1n) is 2.89. The van der Waals surface area contributed by atoms with E-state index in [1.54, 1.807) is 0 Å². The van der Waals surface area contributed by atoms with Gasteiger partial charge in [0.25, 0.3) is 0 Å². The Kier molecular flexibility index (Phi) is 7.03. The largest absolute Gasteiger partial charge is 0.302 e. The van der Waals surface area contributed by atoms with Gasteiger partial charge >= 0.3 is 0 Å². The highest BCUT2D eigenvalue weighted by molar-refractivity contribution is 14.1. The minimum Gasteiger partial charge on any atom is -0.302 e. The zero-order valence-corrected chi connectivity index (χ0v) is 9.61. The zero-order chi connectivity index (χ0) is 7.98. The summed E-state index contributed by atoms with van der Waals surface area (Å²) < 4.78 is 0.129. The fourth-order valence-electron chi connectivity index (χ4n) is 0.455. The van der Waals surface area contributed by atoms with Crippen molar-refractivity contribution in [1.82, 2.24) is 0 Å². The van der Waals surface area contributed by atoms with E-state index in [0.29, 0.717) is 0 Å². The Morgan fingerprint density at radius 2 is 1.30 bits per heavy atom. The smallest absolute Gasteiger partial charge is 0.132 e. The predicted octanol–water partition coefficient (Wildman–Crippen LogP) is 1.77. The van der Waals surface area contributed by atoms with Crippen molar-refractivity contribution in [3.8, 4) is 0 Å². The fourth-order valence-corrected chi connectivity index (χ4v) is 1.17. The summed E-state index contributed by atoms with van der Waals surface area (Å²) in [6.07, 6.45) is 3.43. The van der Waals surface area contributed by atoms with Gasteiger partial charge in [-0.3, -0.25) is 0 Å². The van der Waals surface area contributed by atoms with E-state index in [9.17, 15) is 9.59 Å². The monoisotopic (exact) mass is 366 g/mol. The third-order valence-corrected chi connectivity index (χ3v) is 2.85. The summed E-state index contributed by atoms with van der Waals surface area (Å²) in [4.78, 5) is 20.2. The Morgan fingerprint density at radius 3 is 1.50 bits per heavy atom. The highest BCUT2D eigenvalue weighted by Crippen LogP contribution is 2.11. The molecule has 2 atom stereocenters. The molecule has 0 aromatic carbocycles. The van der Waals surface area contributed by atoms with E-state index < -0.39 is 0 Å². The van der Waals surface area contributed by atoms with Crippen LogP contribution in [-0.2, 0) is 9.59 Å². The topological polar surface area (TPSA) is 34.1 Å². The van der Waals surface area contributed by atoms with Crippen LogP contribution in [0.15, 0.2) is 0 Å². The van der Waals surface area contributed by atoms with Crippen LogP contribution < -0.4 is 0 Å². The maximum absolute atomic E-state index is 10.1. The molecule has 0 amide bonds. The Bertz CT molecular complexity index is 102. The lowest BCUT2D eigenvalue weighted by Crippen LogP contribution is -2.05. The second kappa shape index (κ2) is 6.51. The molecule has 0 saturated carbocycles. The number of aldehydes is 2. The average Bonchev–Trinajstić information content (AvgIpc) is 1.99. The number of halogens is 2. The van der Waals surface area contributed by atoms with Gasteiger partial charge in [0.05, 0.1) is 7.85 Å². The van der Waals surface area contributed by atoms with Crippen molar-refractivity contribution in [2.75, 3.05) is 0 Å². The molecule has 0 heterocycles. The SMILES string of the molecule is O=CC(I)CCC(I)C=O. The fraction of sp³-hybridized carbons (Fsp3) is 0.667. The molecular weight excluding hydrogens is 358 g/mol. The number of carbonyl (C=O) groups is 2. The highest BCUT2D eigenvalue weighted by atomic mass is 127. The number of hydrogen-bond acceptors (Lipinski definition) is 2. The first-order chi connectivity index (χ1) is 4.70. The molecule has 2 nitrogen and oxygen atoms in total. The van der Waals surface area contributed by atoms with E-state index in [1.807, 2.05) is 0 Å². The van der Waals surface area contributed by atoms with E-state index in [4.69, 9.17) is 0 Å². The number of hydrogen-bond donors (Lipinski definition) is 0. The van der Waals surface area contributed by atoms with Crippen LogP contribution >= 0.6 is 45.2 Å². The van der Waals surface area contributed by atoms with Gasteiger partial charge in [-0.05, 0) is 12.8 Å². The van der Waals surface area contributed by atoms with Gasteiger partial charge in [-0.1, -0.05) is 45.2 Å². The van der Waals surface area contributed by atoms with E-state index in [2.05, 4.69) is 45.2 Å². The zero-order valence-electron chi connectivity index (χ0n) is 5.30. The lowest BCUT2D eigenvalue weighted by molar-refractivity contribution is -0.108. The Hall–Kier alpha value is 0.800. The second-order valence-corrected chi connectivity index (χ2v) is 5.08. The van der Waals surface area contributed by atoms with E-state index in [-0.39, 0.29) is 7.85 Å². The first-order valence-corrected chi connectivity index (χ1v) is 5.38. The molecule has 0 saturated heterocycles. The van der Waals surface area contributed by atoms with Gasteiger partial charge in [0.15, 0.2) is 0 Å². The minimum atomic E-state index is 0.0646. The molecule has 2 unspecified atom stereocenters. The average molecular weight is 366 g/mol. The van der Waals surface area contributed by atoms with Crippen LogP contribution in [0.2, 0.25) is 0 Å². The Balaban J connectivity index is 3.34. The summed E-state index contributed by atoms with van der Waals surface area (Å²) >= 11 is 4.14. The third kappa shape index (κ3) is 5.57. The van der Waals surface area contributed by atoms with Crippen molar-refractivity contribution in [1.29, 1.82) is 0 Å². The molecule has 0 aliphatic carbocycles. The van der Waals surface area contributed by atoms with Gasteiger partial charge in [0.1, 0.15) is 12.6 Å². The van der Waals surface area contributed by atoms with E-state index in [0.717, 1.165) is 25.4 Å². The lowest BCUT2D eigenvalue weighted by Gasteiger charge is -2.01. The summed E-state index contributed by atoms with van der Waals surface area (Å²) in [6.45, 7) is 0. The Labute approximate surface area is 87.4 Å². The van der Waals surface area contributed by atoms with Gasteiger partial charge < -0.3 is 9.59 Å². The Morgan fingerprint density at radius 1 is 1.00 bits per heavy atom. The predicted molar refractivity (Wildman–Crippen MR) is 57.0 cm³/mol. The van der Waals surface area contributed by atoms with Gasteiger partial charge in [-0.15, -0.1) is 0 Å². The van der Waals surface area contributed by atoms with E-state index in [1.165, 1.54) is 0 Å². The van der Waals surface area contributed by atoms with Gasteiger partial charge in [-0.2, -0.15) is 0 Å². The van der Waals surface area contributed by atoms with Crippen LogP contribution in [0.4, 0.5) is 0 Å². The van der Waals surface area contributed by atoms with Crippen LogP contribution in [0.5, 0.6) is 0 Å². The minimum absolute atomic E-state index is 0.0646. The molecule has 4 heteroatoms. The lowest BCUT2D eigenvalue weighted by atomic mass is 10.2. The van der Waals surface area contributed by atoms with Crippen molar-refractivity contribution in [2.24, 2.45) is 0 Å². The highest BCUT2D eigenvalue weighted by Gasteiger charge is 2.05. The number of rotatable bonds is 5. The van der Waals surface area contributed by atoms with E-state index >= 15 is 0 Å². The summed E-state index contributed by atoms with van der Waals surface area (Å²) in [5.74, 6) is 0. The normalized spacial score (nSPS) is 15.8. The van der Waals surface area contributed by atoms with Gasteiger partial charge in [0.2, 0.25) is 0 Å². The van der Waals surface area contributed by atoms with Crippen LogP contribution in [0.25, 0.3) is 0 Å². The summed E-state index contributed by atoms with van der Waals surface area (Å²) in [5.41, 5.74) is 0. The van der Waals surface area contributed by atoms with Crippen LogP contribution in [0.1, 0.15) is 12.8 Å². The van der Waals surface area contributed by atoms with Crippen LogP contribution in [0, 0.1) is 0 Å². The van der Waals surface area contributed by atoms with Gasteiger partial charge in [-0.25, -0.2) is 0 Å². The molecule has 0 bridgehead atoms. The molecule has 0 aromatic heterocycles. The molecule has 0 aliphatic heterocycles. The molecule has 0 fully saturated rings. The first kappa shape index (κ1) is 10.8. The van der Waals surface area contributed by atoms with Crippen molar-refractivity contribution in [3.05, 3.63) is 0 Å². The molecule has 0 spiro atoms. The summed E-state index contributed by atoms with van der Waals surface area (Å²) in [7, 11) is 0. The molecule has 0 rings (SSSR count). The number of alkyl halides is 2. The van der Waals surface area contributed by atoms with Gasteiger partial charge in [0, 0.05) is 0 Å². The molecule has 0 aliphatic rings. The molecule has 10 heavy (non-hydrogen) atoms. The van der Waals surface area contributed by atoms with Crippen LogP contribution in [0.3, 0.4) is 0 Å². The van der Waals surface area contributed by atoms with Crippen molar-refractivity contribution < 1.29 is 9.59 Å². The molecule has 0 N–H and O–H groups in total. The third-order valence-electron chi connectivity index (χ3n) is 1.01. The molecular formula is C6H8I2O2. The van der Waals surface area contributed by atoms with Crippen molar-refractivity contribution in [3.63, 3.8) is 0 Å². The van der Waals surface area contributed by atoms with Crippen LogP contribution in [-0.4, -0.2) is 20.4 Å².